The summed E-state index contributed by atoms with van der Waals surface area (Å²) in [5, 5.41) is 0. The van der Waals surface area contributed by atoms with Crippen LogP contribution in [0.1, 0.15) is 0 Å². The van der Waals surface area contributed by atoms with Gasteiger partial charge in [0, 0.05) is 23.9 Å². The number of hydrogen-bond donors (Lipinski definition) is 0. The van der Waals surface area contributed by atoms with Gasteiger partial charge in [0.25, 0.3) is 0 Å². The van der Waals surface area contributed by atoms with Gasteiger partial charge >= 0.3 is 0 Å². The Morgan fingerprint density at radius 3 is 2.03 bits per heavy atom. The molecule has 4 aromatic rings. The molecule has 6 rings (SSSR count). The SMILES string of the molecule is CN1c2ccccc2Oc2ccc(-c3ccc4c(c3)N(C)c3ccccc3S4)cc21. The molecule has 0 spiro atoms. The molecule has 0 aromatic heterocycles. The second kappa shape index (κ2) is 6.57. The van der Waals surface area contributed by atoms with Gasteiger partial charge in [-0.3, -0.25) is 0 Å². The van der Waals surface area contributed by atoms with Crippen molar-refractivity contribution in [2.75, 3.05) is 23.9 Å². The zero-order valence-corrected chi connectivity index (χ0v) is 17.6. The summed E-state index contributed by atoms with van der Waals surface area (Å²) in [5.74, 6) is 1.78. The second-order valence-corrected chi connectivity index (χ2v) is 8.71. The molecule has 0 saturated heterocycles. The number of nitrogens with zero attached hydrogens (tertiary/aromatic N) is 2. The highest BCUT2D eigenvalue weighted by Gasteiger charge is 2.23. The van der Waals surface area contributed by atoms with Crippen molar-refractivity contribution in [3.63, 3.8) is 0 Å². The maximum Gasteiger partial charge on any atom is 0.151 e. The van der Waals surface area contributed by atoms with E-state index in [1.165, 1.54) is 32.3 Å². The van der Waals surface area contributed by atoms with Crippen LogP contribution in [0.4, 0.5) is 22.7 Å². The van der Waals surface area contributed by atoms with Gasteiger partial charge < -0.3 is 14.5 Å². The number of rotatable bonds is 1. The van der Waals surface area contributed by atoms with Crippen LogP contribution >= 0.6 is 11.8 Å². The molecule has 0 bridgehead atoms. The highest BCUT2D eigenvalue weighted by molar-refractivity contribution is 7.99. The zero-order chi connectivity index (χ0) is 20.2. The molecule has 0 amide bonds. The third-order valence-electron chi connectivity index (χ3n) is 5.87. The average molecular weight is 409 g/mol. The average Bonchev–Trinajstić information content (AvgIpc) is 2.79. The summed E-state index contributed by atoms with van der Waals surface area (Å²) >= 11 is 1.84. The van der Waals surface area contributed by atoms with E-state index >= 15 is 0 Å². The van der Waals surface area contributed by atoms with Crippen molar-refractivity contribution in [1.29, 1.82) is 0 Å². The number of benzene rings is 4. The normalized spacial score (nSPS) is 13.7. The van der Waals surface area contributed by atoms with E-state index in [2.05, 4.69) is 90.6 Å². The van der Waals surface area contributed by atoms with Crippen LogP contribution < -0.4 is 14.5 Å². The van der Waals surface area contributed by atoms with E-state index in [9.17, 15) is 0 Å². The summed E-state index contributed by atoms with van der Waals surface area (Å²) in [7, 11) is 4.24. The molecule has 4 aromatic carbocycles. The largest absolute Gasteiger partial charge is 0.453 e. The first-order chi connectivity index (χ1) is 14.7. The van der Waals surface area contributed by atoms with Crippen LogP contribution in [0, 0.1) is 0 Å². The van der Waals surface area contributed by atoms with Gasteiger partial charge in [-0.2, -0.15) is 0 Å². The monoisotopic (exact) mass is 408 g/mol. The smallest absolute Gasteiger partial charge is 0.151 e. The Hall–Kier alpha value is -3.37. The lowest BCUT2D eigenvalue weighted by molar-refractivity contribution is 0.475. The van der Waals surface area contributed by atoms with Gasteiger partial charge in [0.1, 0.15) is 0 Å². The highest BCUT2D eigenvalue weighted by Crippen LogP contribution is 2.50. The molecule has 0 fully saturated rings. The first-order valence-electron chi connectivity index (χ1n) is 9.99. The lowest BCUT2D eigenvalue weighted by Crippen LogP contribution is -2.15. The molecule has 3 nitrogen and oxygen atoms in total. The molecule has 0 radical (unpaired) electrons. The molecule has 2 heterocycles. The van der Waals surface area contributed by atoms with E-state index in [-0.39, 0.29) is 0 Å². The Balaban J connectivity index is 1.41. The van der Waals surface area contributed by atoms with E-state index in [1.807, 2.05) is 30.0 Å². The maximum atomic E-state index is 6.13. The summed E-state index contributed by atoms with van der Waals surface area (Å²) in [4.78, 5) is 7.07. The van der Waals surface area contributed by atoms with Crippen LogP contribution in [-0.2, 0) is 0 Å². The van der Waals surface area contributed by atoms with Crippen molar-refractivity contribution in [2.45, 2.75) is 9.79 Å². The molecule has 0 atom stereocenters. The van der Waals surface area contributed by atoms with Crippen LogP contribution in [0.25, 0.3) is 11.1 Å². The van der Waals surface area contributed by atoms with Gasteiger partial charge in [-0.15, -0.1) is 0 Å². The van der Waals surface area contributed by atoms with Crippen molar-refractivity contribution in [1.82, 2.24) is 0 Å². The summed E-state index contributed by atoms with van der Waals surface area (Å²) < 4.78 is 6.13. The van der Waals surface area contributed by atoms with E-state index in [0.717, 1.165) is 22.9 Å². The summed E-state index contributed by atoms with van der Waals surface area (Å²) in [6, 6.07) is 29.9. The van der Waals surface area contributed by atoms with E-state index < -0.39 is 0 Å². The number of hydrogen-bond acceptors (Lipinski definition) is 4. The minimum Gasteiger partial charge on any atom is -0.453 e. The van der Waals surface area contributed by atoms with Crippen molar-refractivity contribution in [2.24, 2.45) is 0 Å². The predicted octanol–water partition coefficient (Wildman–Crippen LogP) is 7.46. The van der Waals surface area contributed by atoms with E-state index in [4.69, 9.17) is 4.74 Å². The predicted molar refractivity (Wildman–Crippen MR) is 125 cm³/mol. The van der Waals surface area contributed by atoms with E-state index in [0.29, 0.717) is 0 Å². The van der Waals surface area contributed by atoms with Gasteiger partial charge in [0.2, 0.25) is 0 Å². The molecule has 30 heavy (non-hydrogen) atoms. The lowest BCUT2D eigenvalue weighted by atomic mass is 10.0. The van der Waals surface area contributed by atoms with Gasteiger partial charge in [-0.05, 0) is 59.7 Å². The Morgan fingerprint density at radius 2 is 1.17 bits per heavy atom. The third kappa shape index (κ3) is 2.61. The number of fused-ring (bicyclic) bond motifs is 4. The van der Waals surface area contributed by atoms with Crippen molar-refractivity contribution < 1.29 is 4.74 Å². The Labute approximate surface area is 180 Å². The number of anilines is 4. The molecule has 0 saturated carbocycles. The molecular formula is C26H20N2OS. The van der Waals surface area contributed by atoms with Gasteiger partial charge in [-0.25, -0.2) is 0 Å². The zero-order valence-electron chi connectivity index (χ0n) is 16.8. The highest BCUT2D eigenvalue weighted by atomic mass is 32.2. The first-order valence-corrected chi connectivity index (χ1v) is 10.8. The van der Waals surface area contributed by atoms with Crippen LogP contribution in [0.3, 0.4) is 0 Å². The second-order valence-electron chi connectivity index (χ2n) is 7.62. The number of para-hydroxylation sites is 3. The summed E-state index contributed by atoms with van der Waals surface area (Å²) in [6.07, 6.45) is 0. The van der Waals surface area contributed by atoms with Gasteiger partial charge in [0.15, 0.2) is 11.5 Å². The van der Waals surface area contributed by atoms with Crippen LogP contribution in [0.15, 0.2) is 94.7 Å². The Kier molecular flexibility index (Phi) is 3.83. The van der Waals surface area contributed by atoms with Crippen LogP contribution in [-0.4, -0.2) is 14.1 Å². The van der Waals surface area contributed by atoms with Crippen molar-refractivity contribution in [3.8, 4) is 22.6 Å². The Morgan fingerprint density at radius 1 is 0.567 bits per heavy atom. The van der Waals surface area contributed by atoms with Gasteiger partial charge in [-0.1, -0.05) is 48.2 Å². The summed E-state index contributed by atoms with van der Waals surface area (Å²) in [6.45, 7) is 0. The lowest BCUT2D eigenvalue weighted by Gasteiger charge is -2.31. The van der Waals surface area contributed by atoms with Crippen LogP contribution in [0.5, 0.6) is 11.5 Å². The standard InChI is InChI=1S/C26H20N2OS/c1-27-19-7-3-5-9-23(19)29-24-13-11-17(15-21(24)27)18-12-14-26-22(16-18)28(2)20-8-4-6-10-25(20)30-26/h3-16H,1-2H3. The topological polar surface area (TPSA) is 15.7 Å². The minimum absolute atomic E-state index is 0.888. The molecule has 0 aliphatic carbocycles. The fourth-order valence-electron chi connectivity index (χ4n) is 4.23. The molecule has 0 N–H and O–H groups in total. The first kappa shape index (κ1) is 17.5. The van der Waals surface area contributed by atoms with Crippen molar-refractivity contribution >= 4 is 34.5 Å². The number of ether oxygens (including phenoxy) is 1. The molecule has 4 heteroatoms. The van der Waals surface area contributed by atoms with Gasteiger partial charge in [0.05, 0.1) is 22.7 Å². The molecule has 2 aliphatic rings. The molecule has 0 unspecified atom stereocenters. The fraction of sp³-hybridized carbons (Fsp3) is 0.0769. The van der Waals surface area contributed by atoms with Crippen LogP contribution in [0.2, 0.25) is 0 Å². The quantitative estimate of drug-likeness (QED) is 0.325. The maximum absolute atomic E-state index is 6.13. The minimum atomic E-state index is 0.888. The van der Waals surface area contributed by atoms with Crippen molar-refractivity contribution in [3.05, 3.63) is 84.9 Å². The van der Waals surface area contributed by atoms with E-state index in [1.54, 1.807) is 0 Å². The fourth-order valence-corrected chi connectivity index (χ4v) is 5.36. The Bertz CT molecular complexity index is 1200. The molecule has 146 valence electrons. The summed E-state index contributed by atoms with van der Waals surface area (Å²) in [5.41, 5.74) is 7.04. The molecular weight excluding hydrogens is 388 g/mol. The third-order valence-corrected chi connectivity index (χ3v) is 7.00. The molecule has 2 aliphatic heterocycles.